The molecule has 0 aliphatic heterocycles. The van der Waals surface area contributed by atoms with Crippen LogP contribution in [-0.2, 0) is 6.18 Å². The predicted octanol–water partition coefficient (Wildman–Crippen LogP) is 3.15. The largest absolute Gasteiger partial charge is 0.433 e. The molecule has 1 aromatic heterocycles. The number of halogens is 3. The summed E-state index contributed by atoms with van der Waals surface area (Å²) in [6, 6.07) is 9.02. The molecule has 5 nitrogen and oxygen atoms in total. The molecule has 0 aliphatic rings. The molecule has 0 aliphatic carbocycles. The second kappa shape index (κ2) is 5.66. The Hall–Kier alpha value is -2.82. The molecule has 0 atom stereocenters. The Balaban J connectivity index is 2.32. The second-order valence-corrected chi connectivity index (χ2v) is 4.02. The van der Waals surface area contributed by atoms with Crippen molar-refractivity contribution in [3.05, 3.63) is 41.6 Å². The van der Waals surface area contributed by atoms with Gasteiger partial charge in [0.15, 0.2) is 5.69 Å². The lowest BCUT2D eigenvalue weighted by molar-refractivity contribution is -0.141. The van der Waals surface area contributed by atoms with E-state index >= 15 is 0 Å². The highest BCUT2D eigenvalue weighted by molar-refractivity contribution is 5.58. The number of anilines is 3. The van der Waals surface area contributed by atoms with Gasteiger partial charge in [0.1, 0.15) is 5.82 Å². The fourth-order valence-electron chi connectivity index (χ4n) is 1.54. The first-order valence-electron chi connectivity index (χ1n) is 5.83. The van der Waals surface area contributed by atoms with E-state index in [4.69, 9.17) is 5.26 Å². The van der Waals surface area contributed by atoms with Crippen molar-refractivity contribution in [2.45, 2.75) is 6.18 Å². The molecule has 1 heterocycles. The Bertz CT molecular complexity index is 674. The summed E-state index contributed by atoms with van der Waals surface area (Å²) in [7, 11) is 1.43. The van der Waals surface area contributed by atoms with E-state index in [-0.39, 0.29) is 11.8 Å². The third kappa shape index (κ3) is 3.60. The Labute approximate surface area is 118 Å². The third-order valence-electron chi connectivity index (χ3n) is 2.53. The molecular weight excluding hydrogens is 283 g/mol. The first-order valence-corrected chi connectivity index (χ1v) is 5.83. The van der Waals surface area contributed by atoms with Crippen LogP contribution in [0.25, 0.3) is 0 Å². The molecule has 0 unspecified atom stereocenters. The molecule has 0 spiro atoms. The first kappa shape index (κ1) is 14.6. The maximum atomic E-state index is 12.7. The van der Waals surface area contributed by atoms with E-state index in [2.05, 4.69) is 20.6 Å². The van der Waals surface area contributed by atoms with E-state index < -0.39 is 11.9 Å². The number of nitrogens with zero attached hydrogens (tertiary/aromatic N) is 3. The van der Waals surface area contributed by atoms with Crippen molar-refractivity contribution in [1.29, 1.82) is 5.26 Å². The van der Waals surface area contributed by atoms with Crippen molar-refractivity contribution in [2.75, 3.05) is 17.7 Å². The lowest BCUT2D eigenvalue weighted by atomic mass is 10.2. The fraction of sp³-hybridized carbons (Fsp3) is 0.154. The minimum Gasteiger partial charge on any atom is -0.357 e. The van der Waals surface area contributed by atoms with E-state index in [0.717, 1.165) is 6.07 Å². The summed E-state index contributed by atoms with van der Waals surface area (Å²) in [5, 5.41) is 13.9. The van der Waals surface area contributed by atoms with Crippen LogP contribution >= 0.6 is 0 Å². The van der Waals surface area contributed by atoms with E-state index in [1.54, 1.807) is 24.3 Å². The number of aromatic nitrogens is 2. The van der Waals surface area contributed by atoms with E-state index in [0.29, 0.717) is 11.3 Å². The van der Waals surface area contributed by atoms with Crippen LogP contribution < -0.4 is 10.6 Å². The zero-order valence-corrected chi connectivity index (χ0v) is 10.9. The molecule has 0 saturated carbocycles. The molecule has 108 valence electrons. The smallest absolute Gasteiger partial charge is 0.357 e. The maximum Gasteiger partial charge on any atom is 0.433 e. The van der Waals surface area contributed by atoms with Crippen LogP contribution in [0.2, 0.25) is 0 Å². The van der Waals surface area contributed by atoms with Crippen molar-refractivity contribution in [1.82, 2.24) is 9.97 Å². The van der Waals surface area contributed by atoms with Gasteiger partial charge in [-0.15, -0.1) is 0 Å². The quantitative estimate of drug-likeness (QED) is 0.909. The van der Waals surface area contributed by atoms with Crippen molar-refractivity contribution in [3.8, 4) is 6.07 Å². The van der Waals surface area contributed by atoms with Crippen LogP contribution in [0, 0.1) is 11.3 Å². The van der Waals surface area contributed by atoms with Gasteiger partial charge in [-0.05, 0) is 24.3 Å². The van der Waals surface area contributed by atoms with Crippen LogP contribution in [0.15, 0.2) is 30.3 Å². The van der Waals surface area contributed by atoms with Crippen molar-refractivity contribution < 1.29 is 13.2 Å². The highest BCUT2D eigenvalue weighted by atomic mass is 19.4. The fourth-order valence-corrected chi connectivity index (χ4v) is 1.54. The van der Waals surface area contributed by atoms with Crippen LogP contribution in [0.1, 0.15) is 11.3 Å². The zero-order valence-electron chi connectivity index (χ0n) is 10.9. The van der Waals surface area contributed by atoms with Crippen molar-refractivity contribution >= 4 is 17.5 Å². The Morgan fingerprint density at radius 2 is 1.81 bits per heavy atom. The standard InChI is InChI=1S/C13H10F3N5/c1-18-12-20-10(13(14,15)16)6-11(21-12)19-9-4-2-8(7-17)3-5-9/h2-6H,1H3,(H2,18,19,20,21). The summed E-state index contributed by atoms with van der Waals surface area (Å²) in [6.45, 7) is 0. The van der Waals surface area contributed by atoms with Gasteiger partial charge >= 0.3 is 6.18 Å². The Morgan fingerprint density at radius 1 is 1.14 bits per heavy atom. The predicted molar refractivity (Wildman–Crippen MR) is 71.0 cm³/mol. The van der Waals surface area contributed by atoms with Gasteiger partial charge in [0, 0.05) is 18.8 Å². The summed E-state index contributed by atoms with van der Waals surface area (Å²) in [6.07, 6.45) is -4.56. The molecule has 21 heavy (non-hydrogen) atoms. The molecule has 1 aromatic carbocycles. The summed E-state index contributed by atoms with van der Waals surface area (Å²) in [5.41, 5.74) is -0.0731. The second-order valence-electron chi connectivity index (χ2n) is 4.02. The summed E-state index contributed by atoms with van der Waals surface area (Å²) in [5.74, 6) is -0.132. The Morgan fingerprint density at radius 3 is 2.33 bits per heavy atom. The van der Waals surface area contributed by atoms with Gasteiger partial charge in [0.2, 0.25) is 5.95 Å². The zero-order chi connectivity index (χ0) is 15.5. The Kier molecular flexibility index (Phi) is 3.93. The molecule has 0 saturated heterocycles. The normalized spacial score (nSPS) is 10.8. The number of nitriles is 1. The molecule has 0 radical (unpaired) electrons. The molecular formula is C13H10F3N5. The van der Waals surface area contributed by atoms with Gasteiger partial charge in [-0.25, -0.2) is 4.98 Å². The molecule has 0 bridgehead atoms. The minimum absolute atomic E-state index is 0.00591. The average molecular weight is 293 g/mol. The maximum absolute atomic E-state index is 12.7. The summed E-state index contributed by atoms with van der Waals surface area (Å²) >= 11 is 0. The molecule has 8 heteroatoms. The lowest BCUT2D eigenvalue weighted by Crippen LogP contribution is -2.12. The number of alkyl halides is 3. The number of hydrogen-bond donors (Lipinski definition) is 2. The van der Waals surface area contributed by atoms with E-state index in [1.807, 2.05) is 6.07 Å². The molecule has 2 aromatic rings. The lowest BCUT2D eigenvalue weighted by Gasteiger charge is -2.11. The van der Waals surface area contributed by atoms with Gasteiger partial charge in [-0.1, -0.05) is 0 Å². The van der Waals surface area contributed by atoms with Gasteiger partial charge in [-0.2, -0.15) is 23.4 Å². The highest BCUT2D eigenvalue weighted by Crippen LogP contribution is 2.30. The number of hydrogen-bond acceptors (Lipinski definition) is 5. The van der Waals surface area contributed by atoms with Crippen LogP contribution in [0.4, 0.5) is 30.6 Å². The topological polar surface area (TPSA) is 73.6 Å². The van der Waals surface area contributed by atoms with Crippen molar-refractivity contribution in [2.24, 2.45) is 0 Å². The van der Waals surface area contributed by atoms with Gasteiger partial charge in [-0.3, -0.25) is 0 Å². The van der Waals surface area contributed by atoms with Gasteiger partial charge in [0.25, 0.3) is 0 Å². The SMILES string of the molecule is CNc1nc(Nc2ccc(C#N)cc2)cc(C(F)(F)F)n1. The van der Waals surface area contributed by atoms with E-state index in [9.17, 15) is 13.2 Å². The van der Waals surface area contributed by atoms with Gasteiger partial charge < -0.3 is 10.6 Å². The van der Waals surface area contributed by atoms with E-state index in [1.165, 1.54) is 7.05 Å². The average Bonchev–Trinajstić information content (AvgIpc) is 2.46. The molecule has 2 N–H and O–H groups in total. The monoisotopic (exact) mass is 293 g/mol. The van der Waals surface area contributed by atoms with Crippen LogP contribution in [0.5, 0.6) is 0 Å². The van der Waals surface area contributed by atoms with Crippen molar-refractivity contribution in [3.63, 3.8) is 0 Å². The first-order chi connectivity index (χ1) is 9.92. The summed E-state index contributed by atoms with van der Waals surface area (Å²) < 4.78 is 38.2. The minimum atomic E-state index is -4.56. The van der Waals surface area contributed by atoms with Crippen LogP contribution in [-0.4, -0.2) is 17.0 Å². The molecule has 0 amide bonds. The highest BCUT2D eigenvalue weighted by Gasteiger charge is 2.33. The third-order valence-corrected chi connectivity index (χ3v) is 2.53. The number of benzene rings is 1. The number of nitrogens with one attached hydrogen (secondary N) is 2. The summed E-state index contributed by atoms with van der Waals surface area (Å²) in [4.78, 5) is 7.27. The number of rotatable bonds is 3. The molecule has 2 rings (SSSR count). The van der Waals surface area contributed by atoms with Gasteiger partial charge in [0.05, 0.1) is 11.6 Å². The molecule has 0 fully saturated rings. The van der Waals surface area contributed by atoms with Crippen LogP contribution in [0.3, 0.4) is 0 Å².